The Morgan fingerprint density at radius 1 is 0.900 bits per heavy atom. The Morgan fingerprint density at radius 3 is 2.10 bits per heavy atom. The third-order valence-electron chi connectivity index (χ3n) is 3.87. The van der Waals surface area contributed by atoms with Crippen molar-refractivity contribution >= 4 is 11.6 Å². The molecular formula is C19H23Cl. The molecule has 0 aromatic heterocycles. The van der Waals surface area contributed by atoms with E-state index in [1.807, 2.05) is 0 Å². The molecule has 0 radical (unpaired) electrons. The van der Waals surface area contributed by atoms with Gasteiger partial charge in [-0.05, 0) is 36.5 Å². The number of hydrogen-bond acceptors (Lipinski definition) is 0. The molecule has 0 heterocycles. The highest BCUT2D eigenvalue weighted by Crippen LogP contribution is 2.36. The normalized spacial score (nSPS) is 14.3. The van der Waals surface area contributed by atoms with E-state index < -0.39 is 0 Å². The summed E-state index contributed by atoms with van der Waals surface area (Å²) in [6.45, 7) is 8.70. The Morgan fingerprint density at radius 2 is 1.55 bits per heavy atom. The summed E-state index contributed by atoms with van der Waals surface area (Å²) in [5.41, 5.74) is 5.27. The lowest BCUT2D eigenvalue weighted by molar-refractivity contribution is 0.550. The highest BCUT2D eigenvalue weighted by molar-refractivity contribution is 6.21. The van der Waals surface area contributed by atoms with Crippen molar-refractivity contribution in [3.8, 4) is 0 Å². The number of aryl methyl sites for hydroxylation is 2. The van der Waals surface area contributed by atoms with Crippen molar-refractivity contribution in [3.05, 3.63) is 70.8 Å². The Hall–Kier alpha value is -1.27. The van der Waals surface area contributed by atoms with Crippen molar-refractivity contribution in [2.75, 3.05) is 0 Å². The zero-order valence-corrected chi connectivity index (χ0v) is 13.5. The van der Waals surface area contributed by atoms with Crippen LogP contribution in [0.15, 0.2) is 48.5 Å². The lowest BCUT2D eigenvalue weighted by Gasteiger charge is -2.27. The molecule has 0 spiro atoms. The zero-order chi connectivity index (χ0) is 14.7. The van der Waals surface area contributed by atoms with Gasteiger partial charge in [-0.25, -0.2) is 0 Å². The van der Waals surface area contributed by atoms with Crippen molar-refractivity contribution < 1.29 is 0 Å². The van der Waals surface area contributed by atoms with Gasteiger partial charge in [-0.2, -0.15) is 0 Å². The standard InChI is InChI=1S/C19H23Cl/c1-13(2)19(20)18(16-8-6-5-7-9-16)17-11-10-14(3)12-15(17)4/h5-13,18-19H,1-4H3. The van der Waals surface area contributed by atoms with Crippen molar-refractivity contribution in [3.63, 3.8) is 0 Å². The molecule has 0 nitrogen and oxygen atoms in total. The molecule has 1 heteroatoms. The van der Waals surface area contributed by atoms with Crippen LogP contribution in [0.25, 0.3) is 0 Å². The minimum absolute atomic E-state index is 0.0961. The van der Waals surface area contributed by atoms with Crippen LogP contribution in [0.4, 0.5) is 0 Å². The molecule has 0 saturated heterocycles. The molecule has 0 aliphatic rings. The number of hydrogen-bond donors (Lipinski definition) is 0. The van der Waals surface area contributed by atoms with Gasteiger partial charge in [-0.15, -0.1) is 11.6 Å². The van der Waals surface area contributed by atoms with Gasteiger partial charge in [-0.1, -0.05) is 67.9 Å². The van der Waals surface area contributed by atoms with Crippen LogP contribution in [0.5, 0.6) is 0 Å². The fourth-order valence-corrected chi connectivity index (χ4v) is 3.04. The minimum Gasteiger partial charge on any atom is -0.122 e. The van der Waals surface area contributed by atoms with Crippen molar-refractivity contribution in [1.82, 2.24) is 0 Å². The lowest BCUT2D eigenvalue weighted by atomic mass is 9.82. The molecule has 0 N–H and O–H groups in total. The summed E-state index contributed by atoms with van der Waals surface area (Å²) < 4.78 is 0. The lowest BCUT2D eigenvalue weighted by Crippen LogP contribution is -2.21. The van der Waals surface area contributed by atoms with Crippen LogP contribution in [0.3, 0.4) is 0 Å². The van der Waals surface area contributed by atoms with Crippen LogP contribution >= 0.6 is 11.6 Å². The second-order valence-corrected chi connectivity index (χ2v) is 6.44. The largest absolute Gasteiger partial charge is 0.122 e. The molecule has 0 fully saturated rings. The van der Waals surface area contributed by atoms with Gasteiger partial charge >= 0.3 is 0 Å². The van der Waals surface area contributed by atoms with Gasteiger partial charge in [0.1, 0.15) is 0 Å². The second kappa shape index (κ2) is 6.45. The molecule has 0 bridgehead atoms. The Labute approximate surface area is 127 Å². The van der Waals surface area contributed by atoms with Gasteiger partial charge in [0, 0.05) is 11.3 Å². The molecule has 2 rings (SSSR count). The third kappa shape index (κ3) is 3.24. The number of alkyl halides is 1. The van der Waals surface area contributed by atoms with Crippen LogP contribution in [-0.2, 0) is 0 Å². The van der Waals surface area contributed by atoms with Crippen molar-refractivity contribution in [2.24, 2.45) is 5.92 Å². The Bertz CT molecular complexity index is 557. The molecule has 2 atom stereocenters. The van der Waals surface area contributed by atoms with Crippen LogP contribution in [0.1, 0.15) is 42.0 Å². The topological polar surface area (TPSA) is 0 Å². The summed E-state index contributed by atoms with van der Waals surface area (Å²) in [6.07, 6.45) is 0. The van der Waals surface area contributed by atoms with E-state index in [2.05, 4.69) is 76.2 Å². The van der Waals surface area contributed by atoms with Gasteiger partial charge in [0.25, 0.3) is 0 Å². The summed E-state index contributed by atoms with van der Waals surface area (Å²) >= 11 is 6.76. The predicted molar refractivity (Wildman–Crippen MR) is 88.7 cm³/mol. The molecule has 20 heavy (non-hydrogen) atoms. The highest BCUT2D eigenvalue weighted by Gasteiger charge is 2.26. The van der Waals surface area contributed by atoms with E-state index in [0.29, 0.717) is 5.92 Å². The van der Waals surface area contributed by atoms with E-state index in [0.717, 1.165) is 0 Å². The number of rotatable bonds is 4. The number of benzene rings is 2. The van der Waals surface area contributed by atoms with E-state index in [1.54, 1.807) is 0 Å². The maximum absolute atomic E-state index is 6.76. The average Bonchev–Trinajstić information content (AvgIpc) is 2.42. The zero-order valence-electron chi connectivity index (χ0n) is 12.7. The first kappa shape index (κ1) is 15.1. The van der Waals surface area contributed by atoms with Crippen LogP contribution in [-0.4, -0.2) is 5.38 Å². The van der Waals surface area contributed by atoms with Gasteiger partial charge in [0.2, 0.25) is 0 Å². The van der Waals surface area contributed by atoms with E-state index in [-0.39, 0.29) is 11.3 Å². The second-order valence-electron chi connectivity index (χ2n) is 5.94. The van der Waals surface area contributed by atoms with Gasteiger partial charge in [-0.3, -0.25) is 0 Å². The monoisotopic (exact) mass is 286 g/mol. The third-order valence-corrected chi connectivity index (χ3v) is 4.63. The molecule has 0 saturated carbocycles. The smallest absolute Gasteiger partial charge is 0.0468 e. The molecule has 106 valence electrons. The molecule has 0 aliphatic heterocycles. The maximum atomic E-state index is 6.76. The minimum atomic E-state index is 0.0961. The highest BCUT2D eigenvalue weighted by atomic mass is 35.5. The van der Waals surface area contributed by atoms with E-state index in [4.69, 9.17) is 11.6 Å². The molecule has 2 aromatic rings. The van der Waals surface area contributed by atoms with Gasteiger partial charge in [0.15, 0.2) is 0 Å². The van der Waals surface area contributed by atoms with Gasteiger partial charge in [0.05, 0.1) is 0 Å². The maximum Gasteiger partial charge on any atom is 0.0468 e. The number of halogens is 1. The first-order valence-electron chi connectivity index (χ1n) is 7.27. The predicted octanol–water partition coefficient (Wildman–Crippen LogP) is 5.70. The molecule has 2 unspecified atom stereocenters. The van der Waals surface area contributed by atoms with Crippen molar-refractivity contribution in [1.29, 1.82) is 0 Å². The van der Waals surface area contributed by atoms with Crippen LogP contribution in [0, 0.1) is 19.8 Å². The summed E-state index contributed by atoms with van der Waals surface area (Å²) in [6, 6.07) is 17.3. The van der Waals surface area contributed by atoms with E-state index in [9.17, 15) is 0 Å². The summed E-state index contributed by atoms with van der Waals surface area (Å²) in [4.78, 5) is 0. The summed E-state index contributed by atoms with van der Waals surface area (Å²) in [5, 5.41) is 0.0961. The van der Waals surface area contributed by atoms with E-state index in [1.165, 1.54) is 22.3 Å². The van der Waals surface area contributed by atoms with Crippen LogP contribution < -0.4 is 0 Å². The first-order valence-corrected chi connectivity index (χ1v) is 7.70. The molecule has 2 aromatic carbocycles. The van der Waals surface area contributed by atoms with Crippen LogP contribution in [0.2, 0.25) is 0 Å². The van der Waals surface area contributed by atoms with Crippen molar-refractivity contribution in [2.45, 2.75) is 39.0 Å². The Kier molecular flexibility index (Phi) is 4.88. The molecule has 0 aliphatic carbocycles. The SMILES string of the molecule is Cc1ccc(C(c2ccccc2)C(Cl)C(C)C)c(C)c1. The van der Waals surface area contributed by atoms with E-state index >= 15 is 0 Å². The average molecular weight is 287 g/mol. The molecular weight excluding hydrogens is 264 g/mol. The molecule has 0 amide bonds. The fourth-order valence-electron chi connectivity index (χ4n) is 2.75. The fraction of sp³-hybridized carbons (Fsp3) is 0.368. The Balaban J connectivity index is 2.52. The summed E-state index contributed by atoms with van der Waals surface area (Å²) in [5.74, 6) is 0.682. The quantitative estimate of drug-likeness (QED) is 0.633. The van der Waals surface area contributed by atoms with Gasteiger partial charge < -0.3 is 0 Å². The first-order chi connectivity index (χ1) is 9.50. The summed E-state index contributed by atoms with van der Waals surface area (Å²) in [7, 11) is 0.